The van der Waals surface area contributed by atoms with Crippen LogP contribution in [-0.2, 0) is 11.2 Å². The molecule has 1 fully saturated rings. The predicted octanol–water partition coefficient (Wildman–Crippen LogP) is 5.93. The molecule has 0 unspecified atom stereocenters. The van der Waals surface area contributed by atoms with Gasteiger partial charge in [0.05, 0.1) is 0 Å². The van der Waals surface area contributed by atoms with Crippen LogP contribution < -0.4 is 0 Å². The molecule has 3 aromatic carbocycles. The maximum Gasteiger partial charge on any atom is 0.213 e. The Labute approximate surface area is 159 Å². The topological polar surface area (TPSA) is 33.1 Å². The van der Waals surface area contributed by atoms with Crippen LogP contribution in [0.1, 0.15) is 35.6 Å². The van der Waals surface area contributed by atoms with Crippen molar-refractivity contribution in [1.82, 2.24) is 0 Å². The van der Waals surface area contributed by atoms with E-state index in [4.69, 9.17) is 10.1 Å². The standard InChI is InChI=1S/C24H22FNO/c25-21-13-7-12-20(16-21)22(27-23(26)19-10-5-2-6-11-19)24(14-15-24)17-18-8-3-1-4-9-18/h1-13,16,22,26H,14-15,17H2/t22-/m0/s1. The van der Waals surface area contributed by atoms with E-state index >= 15 is 0 Å². The third-order valence-electron chi connectivity index (χ3n) is 5.27. The second-order valence-corrected chi connectivity index (χ2v) is 7.27. The van der Waals surface area contributed by atoms with Crippen molar-refractivity contribution in [2.45, 2.75) is 25.4 Å². The number of ether oxygens (including phenoxy) is 1. The van der Waals surface area contributed by atoms with Crippen molar-refractivity contribution in [2.75, 3.05) is 0 Å². The zero-order valence-corrected chi connectivity index (χ0v) is 15.1. The number of hydrogen-bond donors (Lipinski definition) is 1. The molecular weight excluding hydrogens is 337 g/mol. The van der Waals surface area contributed by atoms with Crippen LogP contribution in [-0.4, -0.2) is 5.90 Å². The van der Waals surface area contributed by atoms with Crippen LogP contribution >= 0.6 is 0 Å². The first-order chi connectivity index (χ1) is 13.2. The van der Waals surface area contributed by atoms with Gasteiger partial charge in [-0.1, -0.05) is 60.7 Å². The lowest BCUT2D eigenvalue weighted by Crippen LogP contribution is -2.23. The van der Waals surface area contributed by atoms with E-state index in [1.54, 1.807) is 6.07 Å². The molecule has 0 spiro atoms. The Bertz CT molecular complexity index is 919. The van der Waals surface area contributed by atoms with E-state index in [-0.39, 0.29) is 23.2 Å². The summed E-state index contributed by atoms with van der Waals surface area (Å²) in [4.78, 5) is 0. The molecule has 1 atom stereocenters. The molecule has 3 aromatic rings. The van der Waals surface area contributed by atoms with Gasteiger partial charge in [0.2, 0.25) is 5.90 Å². The number of hydrogen-bond acceptors (Lipinski definition) is 2. The SMILES string of the molecule is N=C(O[C@@H](c1cccc(F)c1)C1(Cc2ccccc2)CC1)c1ccccc1. The molecule has 0 aromatic heterocycles. The van der Waals surface area contributed by atoms with Gasteiger partial charge in [-0.25, -0.2) is 4.39 Å². The van der Waals surface area contributed by atoms with Crippen molar-refractivity contribution >= 4 is 5.90 Å². The van der Waals surface area contributed by atoms with Crippen molar-refractivity contribution in [3.05, 3.63) is 107 Å². The lowest BCUT2D eigenvalue weighted by Gasteiger charge is -2.29. The minimum Gasteiger partial charge on any atom is -0.469 e. The Morgan fingerprint density at radius 3 is 2.22 bits per heavy atom. The normalized spacial score (nSPS) is 15.7. The number of halogens is 1. The zero-order chi connectivity index (χ0) is 18.7. The maximum absolute atomic E-state index is 13.9. The summed E-state index contributed by atoms with van der Waals surface area (Å²) in [5.41, 5.74) is 2.67. The quantitative estimate of drug-likeness (QED) is 0.429. The largest absolute Gasteiger partial charge is 0.469 e. The van der Waals surface area contributed by atoms with Crippen LogP contribution in [0.15, 0.2) is 84.9 Å². The Kier molecular flexibility index (Phi) is 4.76. The summed E-state index contributed by atoms with van der Waals surface area (Å²) in [6.45, 7) is 0. The van der Waals surface area contributed by atoms with E-state index in [2.05, 4.69) is 12.1 Å². The van der Waals surface area contributed by atoms with Gasteiger partial charge in [0, 0.05) is 11.0 Å². The van der Waals surface area contributed by atoms with Crippen LogP contribution in [0.25, 0.3) is 0 Å². The van der Waals surface area contributed by atoms with Gasteiger partial charge in [-0.05, 0) is 54.7 Å². The third kappa shape index (κ3) is 3.92. The van der Waals surface area contributed by atoms with Crippen LogP contribution in [0.2, 0.25) is 0 Å². The summed E-state index contributed by atoms with van der Waals surface area (Å²) in [6, 6.07) is 26.3. The molecule has 0 aliphatic heterocycles. The smallest absolute Gasteiger partial charge is 0.213 e. The van der Waals surface area contributed by atoms with Gasteiger partial charge in [-0.2, -0.15) is 0 Å². The summed E-state index contributed by atoms with van der Waals surface area (Å²) >= 11 is 0. The first-order valence-electron chi connectivity index (χ1n) is 9.26. The molecule has 0 saturated heterocycles. The van der Waals surface area contributed by atoms with E-state index in [9.17, 15) is 4.39 Å². The van der Waals surface area contributed by atoms with Crippen molar-refractivity contribution in [1.29, 1.82) is 5.41 Å². The molecule has 136 valence electrons. The van der Waals surface area contributed by atoms with Crippen LogP contribution in [0.4, 0.5) is 4.39 Å². The van der Waals surface area contributed by atoms with E-state index in [1.165, 1.54) is 17.7 Å². The molecular formula is C24H22FNO. The highest BCUT2D eigenvalue weighted by Crippen LogP contribution is 2.58. The van der Waals surface area contributed by atoms with E-state index in [1.807, 2.05) is 54.6 Å². The molecule has 1 N–H and O–H groups in total. The zero-order valence-electron chi connectivity index (χ0n) is 15.1. The predicted molar refractivity (Wildman–Crippen MR) is 105 cm³/mol. The highest BCUT2D eigenvalue weighted by molar-refractivity contribution is 5.91. The summed E-state index contributed by atoms with van der Waals surface area (Å²) in [6.07, 6.45) is 2.52. The van der Waals surface area contributed by atoms with E-state index in [0.29, 0.717) is 0 Å². The maximum atomic E-state index is 13.9. The minimum atomic E-state index is -0.346. The summed E-state index contributed by atoms with van der Waals surface area (Å²) < 4.78 is 20.1. The van der Waals surface area contributed by atoms with Gasteiger partial charge in [0.15, 0.2) is 0 Å². The summed E-state index contributed by atoms with van der Waals surface area (Å²) in [5, 5.41) is 8.43. The lowest BCUT2D eigenvalue weighted by molar-refractivity contribution is 0.105. The first-order valence-corrected chi connectivity index (χ1v) is 9.26. The Hall–Kier alpha value is -2.94. The Morgan fingerprint density at radius 2 is 1.59 bits per heavy atom. The molecule has 1 aliphatic carbocycles. The van der Waals surface area contributed by atoms with Crippen molar-refractivity contribution < 1.29 is 9.13 Å². The van der Waals surface area contributed by atoms with Crippen LogP contribution in [0, 0.1) is 16.6 Å². The van der Waals surface area contributed by atoms with Gasteiger partial charge in [-0.3, -0.25) is 5.41 Å². The minimum absolute atomic E-state index is 0.101. The highest BCUT2D eigenvalue weighted by atomic mass is 19.1. The second kappa shape index (κ2) is 7.36. The number of rotatable bonds is 6. The fourth-order valence-electron chi connectivity index (χ4n) is 3.69. The number of nitrogens with one attached hydrogen (secondary N) is 1. The van der Waals surface area contributed by atoms with Gasteiger partial charge >= 0.3 is 0 Å². The van der Waals surface area contributed by atoms with Crippen molar-refractivity contribution in [2.24, 2.45) is 5.41 Å². The Balaban J connectivity index is 1.65. The van der Waals surface area contributed by atoms with Gasteiger partial charge in [0.1, 0.15) is 11.9 Å². The van der Waals surface area contributed by atoms with Gasteiger partial charge in [0.25, 0.3) is 0 Å². The molecule has 2 nitrogen and oxygen atoms in total. The van der Waals surface area contributed by atoms with E-state index in [0.717, 1.165) is 30.4 Å². The average molecular weight is 359 g/mol. The third-order valence-corrected chi connectivity index (χ3v) is 5.27. The lowest BCUT2D eigenvalue weighted by atomic mass is 9.86. The Morgan fingerprint density at radius 1 is 0.926 bits per heavy atom. The van der Waals surface area contributed by atoms with Crippen molar-refractivity contribution in [3.8, 4) is 0 Å². The monoisotopic (exact) mass is 359 g/mol. The molecule has 4 rings (SSSR count). The van der Waals surface area contributed by atoms with Crippen LogP contribution in [0.3, 0.4) is 0 Å². The summed E-state index contributed by atoms with van der Waals surface area (Å²) in [7, 11) is 0. The van der Waals surface area contributed by atoms with Gasteiger partial charge in [-0.15, -0.1) is 0 Å². The summed E-state index contributed by atoms with van der Waals surface area (Å²) in [5.74, 6) is -0.146. The molecule has 1 saturated carbocycles. The molecule has 3 heteroatoms. The molecule has 0 radical (unpaired) electrons. The fourth-order valence-corrected chi connectivity index (χ4v) is 3.69. The van der Waals surface area contributed by atoms with E-state index < -0.39 is 0 Å². The molecule has 0 heterocycles. The average Bonchev–Trinajstić information content (AvgIpc) is 3.47. The fraction of sp³-hybridized carbons (Fsp3) is 0.208. The molecule has 1 aliphatic rings. The first kappa shape index (κ1) is 17.5. The molecule has 0 amide bonds. The highest BCUT2D eigenvalue weighted by Gasteiger charge is 2.51. The van der Waals surface area contributed by atoms with Crippen molar-refractivity contribution in [3.63, 3.8) is 0 Å². The molecule has 0 bridgehead atoms. The second-order valence-electron chi connectivity index (χ2n) is 7.27. The van der Waals surface area contributed by atoms with Crippen LogP contribution in [0.5, 0.6) is 0 Å². The molecule has 27 heavy (non-hydrogen) atoms. The van der Waals surface area contributed by atoms with Gasteiger partial charge < -0.3 is 4.74 Å². The number of benzene rings is 3.